The summed E-state index contributed by atoms with van der Waals surface area (Å²) in [6.07, 6.45) is 0.598. The monoisotopic (exact) mass is 374 g/mol. The molecule has 0 aliphatic rings. The summed E-state index contributed by atoms with van der Waals surface area (Å²) >= 11 is 0. The average molecular weight is 374 g/mol. The minimum Gasteiger partial charge on any atom is -0.322 e. The van der Waals surface area contributed by atoms with E-state index in [0.29, 0.717) is 12.4 Å². The smallest absolute Gasteiger partial charge is 0.277 e. The molecule has 2 aromatic carbocycles. The van der Waals surface area contributed by atoms with Crippen molar-refractivity contribution < 1.29 is 0 Å². The van der Waals surface area contributed by atoms with E-state index in [1.165, 1.54) is 15.8 Å². The lowest BCUT2D eigenvalue weighted by Gasteiger charge is -2.22. The first-order chi connectivity index (χ1) is 13.2. The van der Waals surface area contributed by atoms with Gasteiger partial charge in [0.25, 0.3) is 5.56 Å². The molecule has 0 atom stereocenters. The molecule has 28 heavy (non-hydrogen) atoms. The summed E-state index contributed by atoms with van der Waals surface area (Å²) in [7, 11) is 0. The molecule has 0 saturated heterocycles. The number of aromatic nitrogens is 4. The number of H-pyrrole nitrogens is 2. The van der Waals surface area contributed by atoms with Gasteiger partial charge in [0, 0.05) is 17.7 Å². The Labute approximate surface area is 164 Å². The minimum atomic E-state index is -0.0583. The summed E-state index contributed by atoms with van der Waals surface area (Å²) in [6, 6.07) is 14.4. The highest BCUT2D eigenvalue weighted by Crippen LogP contribution is 2.27. The molecule has 2 N–H and O–H groups in total. The van der Waals surface area contributed by atoms with Crippen LogP contribution in [0.25, 0.3) is 17.0 Å². The van der Waals surface area contributed by atoms with Gasteiger partial charge in [-0.15, -0.1) is 0 Å². The Balaban J connectivity index is 1.77. The maximum Gasteiger partial charge on any atom is 0.277 e. The molecule has 0 bridgehead atoms. The van der Waals surface area contributed by atoms with Crippen LogP contribution in [0.2, 0.25) is 0 Å². The van der Waals surface area contributed by atoms with Crippen LogP contribution in [0.5, 0.6) is 0 Å². The molecule has 144 valence electrons. The van der Waals surface area contributed by atoms with E-state index in [2.05, 4.69) is 54.0 Å². The number of imidazole rings is 1. The third-order valence-electron chi connectivity index (χ3n) is 5.22. The van der Waals surface area contributed by atoms with Gasteiger partial charge in [-0.2, -0.15) is 4.68 Å². The molecular formula is C23H26N4O. The zero-order valence-electron chi connectivity index (χ0n) is 17.1. The molecule has 2 aromatic heterocycles. The van der Waals surface area contributed by atoms with E-state index in [1.807, 2.05) is 38.1 Å². The van der Waals surface area contributed by atoms with Gasteiger partial charge in [-0.25, -0.2) is 4.98 Å². The molecule has 4 rings (SSSR count). The Bertz CT molecular complexity index is 1220. The van der Waals surface area contributed by atoms with E-state index >= 15 is 0 Å². The number of benzene rings is 2. The van der Waals surface area contributed by atoms with Gasteiger partial charge >= 0.3 is 0 Å². The minimum absolute atomic E-state index is 0.0242. The SMILES string of the molecule is Cc1ccc2nc(-n3[nH]c(C)c(Cc4ccccc4C(C)(C)C)c3=O)[nH]c2c1. The van der Waals surface area contributed by atoms with Gasteiger partial charge < -0.3 is 4.98 Å². The van der Waals surface area contributed by atoms with Crippen molar-refractivity contribution in [3.8, 4) is 5.95 Å². The first-order valence-corrected chi connectivity index (χ1v) is 9.59. The van der Waals surface area contributed by atoms with Crippen molar-refractivity contribution in [3.63, 3.8) is 0 Å². The van der Waals surface area contributed by atoms with Crippen LogP contribution >= 0.6 is 0 Å². The fraction of sp³-hybridized carbons (Fsp3) is 0.304. The van der Waals surface area contributed by atoms with Gasteiger partial charge in [-0.3, -0.25) is 9.89 Å². The van der Waals surface area contributed by atoms with Crippen LogP contribution in [-0.2, 0) is 11.8 Å². The lowest BCUT2D eigenvalue weighted by Crippen LogP contribution is -2.20. The summed E-state index contributed by atoms with van der Waals surface area (Å²) in [5.41, 5.74) is 6.97. The standard InChI is InChI=1S/C23H26N4O/c1-14-10-11-19-20(12-14)25-22(24-19)27-21(28)17(15(2)26-27)13-16-8-6-7-9-18(16)23(3,4)5/h6-12,26H,13H2,1-5H3,(H,24,25). The molecule has 2 heterocycles. The van der Waals surface area contributed by atoms with E-state index < -0.39 is 0 Å². The summed E-state index contributed by atoms with van der Waals surface area (Å²) in [5, 5.41) is 3.19. The maximum atomic E-state index is 13.2. The van der Waals surface area contributed by atoms with E-state index in [-0.39, 0.29) is 11.0 Å². The van der Waals surface area contributed by atoms with E-state index in [9.17, 15) is 4.79 Å². The third kappa shape index (κ3) is 3.17. The van der Waals surface area contributed by atoms with Crippen molar-refractivity contribution in [2.45, 2.75) is 46.5 Å². The molecule has 5 heteroatoms. The Morgan fingerprint density at radius 3 is 2.57 bits per heavy atom. The van der Waals surface area contributed by atoms with Gasteiger partial charge in [-0.05, 0) is 48.1 Å². The summed E-state index contributed by atoms with van der Waals surface area (Å²) < 4.78 is 1.51. The van der Waals surface area contributed by atoms with Crippen LogP contribution in [0, 0.1) is 13.8 Å². The topological polar surface area (TPSA) is 66.5 Å². The summed E-state index contributed by atoms with van der Waals surface area (Å²) in [6.45, 7) is 10.6. The van der Waals surface area contributed by atoms with Crippen LogP contribution in [0.15, 0.2) is 47.3 Å². The number of nitrogens with one attached hydrogen (secondary N) is 2. The number of aromatic amines is 2. The number of aryl methyl sites for hydroxylation is 2. The first kappa shape index (κ1) is 18.3. The van der Waals surface area contributed by atoms with E-state index in [1.54, 1.807) is 0 Å². The number of nitrogens with zero attached hydrogens (tertiary/aromatic N) is 2. The van der Waals surface area contributed by atoms with E-state index in [4.69, 9.17) is 0 Å². The first-order valence-electron chi connectivity index (χ1n) is 9.59. The Kier molecular flexibility index (Phi) is 4.26. The Morgan fingerprint density at radius 2 is 1.82 bits per heavy atom. The average Bonchev–Trinajstić information content (AvgIpc) is 3.16. The molecule has 0 radical (unpaired) electrons. The molecule has 4 aromatic rings. The van der Waals surface area contributed by atoms with Crippen LogP contribution < -0.4 is 5.56 Å². The highest BCUT2D eigenvalue weighted by atomic mass is 16.1. The van der Waals surface area contributed by atoms with Crippen molar-refractivity contribution in [2.24, 2.45) is 0 Å². The van der Waals surface area contributed by atoms with Crippen LogP contribution in [0.4, 0.5) is 0 Å². The van der Waals surface area contributed by atoms with Crippen molar-refractivity contribution in [1.29, 1.82) is 0 Å². The van der Waals surface area contributed by atoms with Gasteiger partial charge in [0.05, 0.1) is 11.0 Å². The molecule has 0 aliphatic heterocycles. The zero-order chi connectivity index (χ0) is 20.1. The predicted molar refractivity (Wildman–Crippen MR) is 113 cm³/mol. The van der Waals surface area contributed by atoms with Crippen molar-refractivity contribution in [3.05, 3.63) is 80.8 Å². The van der Waals surface area contributed by atoms with Crippen molar-refractivity contribution >= 4 is 11.0 Å². The second kappa shape index (κ2) is 6.51. The quantitative estimate of drug-likeness (QED) is 0.552. The Hall–Kier alpha value is -3.08. The lowest BCUT2D eigenvalue weighted by atomic mass is 9.82. The molecule has 0 unspecified atom stereocenters. The number of hydrogen-bond acceptors (Lipinski definition) is 2. The molecule has 0 spiro atoms. The fourth-order valence-electron chi connectivity index (χ4n) is 3.75. The molecule has 0 aliphatic carbocycles. The lowest BCUT2D eigenvalue weighted by molar-refractivity contribution is 0.584. The zero-order valence-corrected chi connectivity index (χ0v) is 17.1. The largest absolute Gasteiger partial charge is 0.322 e. The maximum absolute atomic E-state index is 13.2. The fourth-order valence-corrected chi connectivity index (χ4v) is 3.75. The number of hydrogen-bond donors (Lipinski definition) is 2. The number of fused-ring (bicyclic) bond motifs is 1. The van der Waals surface area contributed by atoms with Crippen LogP contribution in [0.1, 0.15) is 48.7 Å². The van der Waals surface area contributed by atoms with Gasteiger partial charge in [0.1, 0.15) is 0 Å². The molecule has 5 nitrogen and oxygen atoms in total. The summed E-state index contributed by atoms with van der Waals surface area (Å²) in [4.78, 5) is 21.0. The van der Waals surface area contributed by atoms with Gasteiger partial charge in [0.15, 0.2) is 0 Å². The van der Waals surface area contributed by atoms with Crippen LogP contribution in [-0.4, -0.2) is 19.7 Å². The van der Waals surface area contributed by atoms with Crippen LogP contribution in [0.3, 0.4) is 0 Å². The molecule has 0 fully saturated rings. The second-order valence-corrected chi connectivity index (χ2v) is 8.52. The second-order valence-electron chi connectivity index (χ2n) is 8.52. The predicted octanol–water partition coefficient (Wildman–Crippen LogP) is 4.55. The summed E-state index contributed by atoms with van der Waals surface area (Å²) in [5.74, 6) is 0.518. The third-order valence-corrected chi connectivity index (χ3v) is 5.22. The van der Waals surface area contributed by atoms with Gasteiger partial charge in [0.2, 0.25) is 5.95 Å². The Morgan fingerprint density at radius 1 is 1.07 bits per heavy atom. The molecule has 0 saturated carbocycles. The highest BCUT2D eigenvalue weighted by molar-refractivity contribution is 5.76. The van der Waals surface area contributed by atoms with Gasteiger partial charge in [-0.1, -0.05) is 51.1 Å². The number of rotatable bonds is 3. The highest BCUT2D eigenvalue weighted by Gasteiger charge is 2.21. The van der Waals surface area contributed by atoms with E-state index in [0.717, 1.165) is 27.9 Å². The normalized spacial score (nSPS) is 12.0. The molecular weight excluding hydrogens is 348 g/mol. The van der Waals surface area contributed by atoms with Crippen molar-refractivity contribution in [2.75, 3.05) is 0 Å². The molecule has 0 amide bonds. The van der Waals surface area contributed by atoms with Crippen molar-refractivity contribution in [1.82, 2.24) is 19.7 Å².